The molecule has 1 heterocycles. The number of hydrogen-bond acceptors (Lipinski definition) is 5. The zero-order valence-electron chi connectivity index (χ0n) is 15.9. The first-order valence-corrected chi connectivity index (χ1v) is 10.7. The second-order valence-corrected chi connectivity index (χ2v) is 8.35. The highest BCUT2D eigenvalue weighted by Gasteiger charge is 2.21. The molecule has 0 unspecified atom stereocenters. The monoisotopic (exact) mass is 434 g/mol. The molecule has 0 spiro atoms. The number of methoxy groups -OCH3 is 1. The number of hydrogen-bond donors (Lipinski definition) is 2. The van der Waals surface area contributed by atoms with E-state index in [9.17, 15) is 13.2 Å². The molecule has 0 radical (unpaired) electrons. The normalized spacial score (nSPS) is 11.2. The van der Waals surface area contributed by atoms with Gasteiger partial charge in [-0.25, -0.2) is 13.1 Å². The lowest BCUT2D eigenvalue weighted by atomic mass is 10.2. The van der Waals surface area contributed by atoms with Gasteiger partial charge in [-0.2, -0.15) is 5.10 Å². The van der Waals surface area contributed by atoms with Gasteiger partial charge in [-0.15, -0.1) is 0 Å². The van der Waals surface area contributed by atoms with Crippen LogP contribution in [0.2, 0.25) is 5.15 Å². The van der Waals surface area contributed by atoms with Crippen LogP contribution in [0, 0.1) is 6.92 Å². The quantitative estimate of drug-likeness (QED) is 0.618. The maximum Gasteiger partial charge on any atom is 0.260 e. The fourth-order valence-corrected chi connectivity index (χ4v) is 3.67. The number of amides is 1. The first-order chi connectivity index (χ1) is 13.7. The third-order valence-corrected chi connectivity index (χ3v) is 4.92. The van der Waals surface area contributed by atoms with Crippen molar-refractivity contribution in [3.05, 3.63) is 64.9 Å². The number of ether oxygens (including phenoxy) is 1. The number of sulfonamides is 1. The molecule has 2 N–H and O–H groups in total. The molecule has 2 aromatic carbocycles. The van der Waals surface area contributed by atoms with Crippen molar-refractivity contribution in [3.8, 4) is 11.4 Å². The largest absolute Gasteiger partial charge is 0.495 e. The van der Waals surface area contributed by atoms with Crippen LogP contribution >= 0.6 is 11.6 Å². The average Bonchev–Trinajstić information content (AvgIpc) is 2.95. The van der Waals surface area contributed by atoms with E-state index in [1.54, 1.807) is 19.1 Å². The summed E-state index contributed by atoms with van der Waals surface area (Å²) in [5.74, 6) is -0.148. The molecule has 29 heavy (non-hydrogen) atoms. The van der Waals surface area contributed by atoms with E-state index in [0.717, 1.165) is 11.9 Å². The Kier molecular flexibility index (Phi) is 5.81. The number of nitrogens with zero attached hydrogens (tertiary/aromatic N) is 2. The van der Waals surface area contributed by atoms with Crippen LogP contribution in [-0.4, -0.2) is 37.5 Å². The Morgan fingerprint density at radius 2 is 1.86 bits per heavy atom. The summed E-state index contributed by atoms with van der Waals surface area (Å²) in [6, 6.07) is 13.8. The Labute approximate surface area is 173 Å². The van der Waals surface area contributed by atoms with Gasteiger partial charge in [0.05, 0.1) is 30.4 Å². The minimum Gasteiger partial charge on any atom is -0.495 e. The molecule has 1 aromatic heterocycles. The molecule has 0 saturated heterocycles. The van der Waals surface area contributed by atoms with Gasteiger partial charge in [0.1, 0.15) is 16.5 Å². The minimum atomic E-state index is -3.53. The number of halogens is 1. The topological polar surface area (TPSA) is 102 Å². The minimum absolute atomic E-state index is 0.175. The van der Waals surface area contributed by atoms with E-state index < -0.39 is 15.9 Å². The Morgan fingerprint density at radius 1 is 1.17 bits per heavy atom. The summed E-state index contributed by atoms with van der Waals surface area (Å²) in [4.78, 5) is 12.8. The molecule has 0 fully saturated rings. The van der Waals surface area contributed by atoms with Crippen molar-refractivity contribution in [1.82, 2.24) is 9.78 Å². The van der Waals surface area contributed by atoms with E-state index >= 15 is 0 Å². The van der Waals surface area contributed by atoms with Crippen LogP contribution < -0.4 is 14.8 Å². The Hall–Kier alpha value is -3.04. The van der Waals surface area contributed by atoms with Crippen LogP contribution in [0.1, 0.15) is 16.1 Å². The van der Waals surface area contributed by atoms with Crippen LogP contribution in [0.15, 0.2) is 48.5 Å². The summed E-state index contributed by atoms with van der Waals surface area (Å²) >= 11 is 6.42. The summed E-state index contributed by atoms with van der Waals surface area (Å²) < 4.78 is 32.1. The van der Waals surface area contributed by atoms with E-state index in [-0.39, 0.29) is 16.4 Å². The summed E-state index contributed by atoms with van der Waals surface area (Å²) in [5.41, 5.74) is 1.98. The SMILES string of the molecule is COc1ccc(NC(=O)c2c(C)nn(-c3ccccc3)c2Cl)cc1NS(C)(=O)=O. The van der Waals surface area contributed by atoms with Gasteiger partial charge in [-0.05, 0) is 37.3 Å². The van der Waals surface area contributed by atoms with Crippen molar-refractivity contribution >= 4 is 38.9 Å². The molecular formula is C19H19ClN4O4S. The maximum atomic E-state index is 12.8. The van der Waals surface area contributed by atoms with Gasteiger partial charge in [-0.1, -0.05) is 29.8 Å². The number of aromatic nitrogens is 2. The number of benzene rings is 2. The summed E-state index contributed by atoms with van der Waals surface area (Å²) in [6.07, 6.45) is 1.03. The van der Waals surface area contributed by atoms with E-state index in [1.807, 2.05) is 30.3 Å². The smallest absolute Gasteiger partial charge is 0.260 e. The van der Waals surface area contributed by atoms with E-state index in [0.29, 0.717) is 17.1 Å². The second-order valence-electron chi connectivity index (χ2n) is 6.24. The Bertz CT molecular complexity index is 1160. The van der Waals surface area contributed by atoms with Gasteiger partial charge < -0.3 is 10.1 Å². The molecule has 10 heteroatoms. The molecular weight excluding hydrogens is 416 g/mol. The number of carbonyl (C=O) groups excluding carboxylic acids is 1. The third kappa shape index (κ3) is 4.69. The number of carbonyl (C=O) groups is 1. The van der Waals surface area contributed by atoms with E-state index in [1.165, 1.54) is 17.9 Å². The van der Waals surface area contributed by atoms with Crippen molar-refractivity contribution in [3.63, 3.8) is 0 Å². The van der Waals surface area contributed by atoms with Gasteiger partial charge >= 0.3 is 0 Å². The highest BCUT2D eigenvalue weighted by atomic mass is 35.5. The van der Waals surface area contributed by atoms with Gasteiger partial charge in [-0.3, -0.25) is 9.52 Å². The number of anilines is 2. The van der Waals surface area contributed by atoms with Gasteiger partial charge in [0, 0.05) is 5.69 Å². The van der Waals surface area contributed by atoms with E-state index in [4.69, 9.17) is 16.3 Å². The van der Waals surface area contributed by atoms with Crippen LogP contribution in [0.5, 0.6) is 5.75 Å². The first-order valence-electron chi connectivity index (χ1n) is 8.47. The Morgan fingerprint density at radius 3 is 2.48 bits per heavy atom. The molecule has 0 bridgehead atoms. The van der Waals surface area contributed by atoms with Gasteiger partial charge in [0.15, 0.2) is 0 Å². The van der Waals surface area contributed by atoms with Crippen molar-refractivity contribution in [2.45, 2.75) is 6.92 Å². The van der Waals surface area contributed by atoms with Crippen LogP contribution in [0.3, 0.4) is 0 Å². The predicted molar refractivity (Wildman–Crippen MR) is 113 cm³/mol. The van der Waals surface area contributed by atoms with E-state index in [2.05, 4.69) is 15.1 Å². The van der Waals surface area contributed by atoms with Crippen molar-refractivity contribution in [2.24, 2.45) is 0 Å². The maximum absolute atomic E-state index is 12.8. The average molecular weight is 435 g/mol. The van der Waals surface area contributed by atoms with Gasteiger partial charge in [0.2, 0.25) is 10.0 Å². The first kappa shape index (κ1) is 20.7. The number of para-hydroxylation sites is 1. The molecule has 152 valence electrons. The molecule has 0 saturated carbocycles. The number of rotatable bonds is 6. The van der Waals surface area contributed by atoms with Crippen LogP contribution in [0.4, 0.5) is 11.4 Å². The molecule has 0 atom stereocenters. The Balaban J connectivity index is 1.91. The summed E-state index contributed by atoms with van der Waals surface area (Å²) in [5, 5.41) is 7.24. The molecule has 0 aliphatic carbocycles. The van der Waals surface area contributed by atoms with Crippen molar-refractivity contribution in [2.75, 3.05) is 23.4 Å². The number of nitrogens with one attached hydrogen (secondary N) is 2. The number of aryl methyl sites for hydroxylation is 1. The molecule has 3 aromatic rings. The lowest BCUT2D eigenvalue weighted by Crippen LogP contribution is -2.14. The highest BCUT2D eigenvalue weighted by Crippen LogP contribution is 2.30. The fourth-order valence-electron chi connectivity index (χ4n) is 2.76. The lowest BCUT2D eigenvalue weighted by Gasteiger charge is -2.12. The summed E-state index contributed by atoms with van der Waals surface area (Å²) in [6.45, 7) is 1.69. The van der Waals surface area contributed by atoms with Crippen LogP contribution in [0.25, 0.3) is 5.69 Å². The molecule has 1 amide bonds. The van der Waals surface area contributed by atoms with Crippen LogP contribution in [-0.2, 0) is 10.0 Å². The van der Waals surface area contributed by atoms with Crippen molar-refractivity contribution < 1.29 is 17.9 Å². The third-order valence-electron chi connectivity index (χ3n) is 3.98. The zero-order valence-corrected chi connectivity index (χ0v) is 17.5. The standard InChI is InChI=1S/C19H19ClN4O4S/c1-12-17(18(20)24(22-12)14-7-5-4-6-8-14)19(25)21-13-9-10-16(28-2)15(11-13)23-29(3,26)27/h4-11,23H,1-3H3,(H,21,25). The second kappa shape index (κ2) is 8.14. The lowest BCUT2D eigenvalue weighted by molar-refractivity contribution is 0.102. The molecule has 0 aliphatic heterocycles. The molecule has 0 aliphatic rings. The highest BCUT2D eigenvalue weighted by molar-refractivity contribution is 7.92. The predicted octanol–water partition coefficient (Wildman–Crippen LogP) is 3.47. The fraction of sp³-hybridized carbons (Fsp3) is 0.158. The molecule has 8 nitrogen and oxygen atoms in total. The zero-order chi connectivity index (χ0) is 21.2. The summed E-state index contributed by atoms with van der Waals surface area (Å²) in [7, 11) is -2.11. The van der Waals surface area contributed by atoms with Crippen molar-refractivity contribution in [1.29, 1.82) is 0 Å². The molecule has 3 rings (SSSR count). The van der Waals surface area contributed by atoms with Gasteiger partial charge in [0.25, 0.3) is 5.91 Å².